The van der Waals surface area contributed by atoms with Gasteiger partial charge in [-0.25, -0.2) is 0 Å². The number of para-hydroxylation sites is 1. The van der Waals surface area contributed by atoms with Crippen molar-refractivity contribution < 1.29 is 27.0 Å². The van der Waals surface area contributed by atoms with Crippen LogP contribution >= 0.6 is 0 Å². The van der Waals surface area contributed by atoms with E-state index in [0.29, 0.717) is 6.42 Å². The predicted octanol–water partition coefficient (Wildman–Crippen LogP) is 6.75. The highest BCUT2D eigenvalue weighted by Crippen LogP contribution is 2.48. The highest BCUT2D eigenvalue weighted by atomic mass is 32.2. The fourth-order valence-corrected chi connectivity index (χ4v) is 11.5. The molecule has 0 aromatic heterocycles. The first-order chi connectivity index (χ1) is 23.1. The minimum atomic E-state index is -4.27. The van der Waals surface area contributed by atoms with Crippen molar-refractivity contribution in [2.75, 3.05) is 32.2 Å². The molecular weight excluding hydrogens is 637 g/mol. The van der Waals surface area contributed by atoms with Crippen LogP contribution in [0.2, 0.25) is 13.1 Å². The maximum atomic E-state index is 11.8. The Morgan fingerprint density at radius 2 is 1.62 bits per heavy atom. The molecule has 7 nitrogen and oxygen atoms in total. The third kappa shape index (κ3) is 4.71. The van der Waals surface area contributed by atoms with E-state index < -0.39 is 18.2 Å². The first-order valence-corrected chi connectivity index (χ1v) is 20.7. The fraction of sp³-hybridized carbons (Fsp3) is 0.205. The molecular formula is C39H37N2O5SSi+. The lowest BCUT2D eigenvalue weighted by Gasteiger charge is -2.38. The molecule has 0 saturated carbocycles. The SMILES string of the molecule is COc1cccc(OC)c1C1=C2C=CC(=[N+]3CCc4cc(S(=O)(=O)O)ccc43)C=C2[Si](C)(C)c2cc(N3CCc4ccccc43)ccc21. The summed E-state index contributed by atoms with van der Waals surface area (Å²) in [7, 11) is -3.17. The van der Waals surface area contributed by atoms with E-state index in [1.165, 1.54) is 44.5 Å². The normalized spacial score (nSPS) is 19.0. The summed E-state index contributed by atoms with van der Waals surface area (Å²) in [5.41, 5.74) is 11.2. The molecule has 4 aromatic carbocycles. The van der Waals surface area contributed by atoms with E-state index in [2.05, 4.69) is 83.3 Å². The quantitative estimate of drug-likeness (QED) is 0.144. The minimum absolute atomic E-state index is 0.0693. The molecule has 0 saturated heterocycles. The molecule has 3 heterocycles. The van der Waals surface area contributed by atoms with E-state index in [1.807, 2.05) is 18.2 Å². The summed E-state index contributed by atoms with van der Waals surface area (Å²) in [4.78, 5) is 2.37. The number of fused-ring (bicyclic) bond motifs is 4. The van der Waals surface area contributed by atoms with Crippen molar-refractivity contribution in [2.45, 2.75) is 30.8 Å². The summed E-state index contributed by atoms with van der Waals surface area (Å²) in [6.45, 7) is 6.54. The van der Waals surface area contributed by atoms with Gasteiger partial charge in [0.05, 0.1) is 24.7 Å². The third-order valence-corrected chi connectivity index (χ3v) is 14.7. The van der Waals surface area contributed by atoms with Gasteiger partial charge in [-0.2, -0.15) is 13.0 Å². The zero-order valence-corrected chi connectivity index (χ0v) is 29.3. The Morgan fingerprint density at radius 3 is 2.38 bits per heavy atom. The summed E-state index contributed by atoms with van der Waals surface area (Å²) >= 11 is 0. The number of ether oxygens (including phenoxy) is 2. The van der Waals surface area contributed by atoms with Crippen molar-refractivity contribution in [1.29, 1.82) is 0 Å². The summed E-state index contributed by atoms with van der Waals surface area (Å²) in [5, 5.41) is 2.68. The van der Waals surface area contributed by atoms with Crippen LogP contribution in [0.4, 0.5) is 17.1 Å². The second kappa shape index (κ2) is 11.2. The molecule has 8 rings (SSSR count). The van der Waals surface area contributed by atoms with Gasteiger partial charge in [0.25, 0.3) is 10.1 Å². The van der Waals surface area contributed by atoms with Gasteiger partial charge in [0, 0.05) is 53.7 Å². The van der Waals surface area contributed by atoms with Gasteiger partial charge in [-0.1, -0.05) is 43.4 Å². The summed E-state index contributed by atoms with van der Waals surface area (Å²) < 4.78 is 47.6. The second-order valence-electron chi connectivity index (χ2n) is 13.2. The molecule has 4 aromatic rings. The number of hydrogen-bond donors (Lipinski definition) is 1. The van der Waals surface area contributed by atoms with Crippen molar-refractivity contribution in [3.8, 4) is 11.5 Å². The van der Waals surface area contributed by atoms with Gasteiger partial charge >= 0.3 is 0 Å². The zero-order valence-electron chi connectivity index (χ0n) is 27.4. The number of benzene rings is 4. The average molecular weight is 674 g/mol. The standard InChI is InChI=1S/C39H36N2O5SSi/c1-45-34-10-7-11-35(46-2)39(34)38-30-15-12-27(40-20-18-25-8-5-6-9-32(25)40)23-36(30)48(3,4)37-24-28(13-16-31(37)38)41-21-19-26-22-29(47(42,43)44)14-17-33(26)41/h5-17,22-24H,18-21H2,1-4H3/p+1. The topological polar surface area (TPSA) is 79.1 Å². The van der Waals surface area contributed by atoms with Crippen LogP contribution < -0.4 is 19.6 Å². The van der Waals surface area contributed by atoms with Gasteiger partial charge in [-0.3, -0.25) is 4.55 Å². The molecule has 242 valence electrons. The third-order valence-electron chi connectivity index (χ3n) is 10.3. The van der Waals surface area contributed by atoms with Gasteiger partial charge in [0.15, 0.2) is 6.54 Å². The number of anilines is 2. The molecule has 3 aliphatic heterocycles. The molecule has 48 heavy (non-hydrogen) atoms. The smallest absolute Gasteiger partial charge is 0.294 e. The van der Waals surface area contributed by atoms with Crippen LogP contribution in [-0.4, -0.2) is 58.6 Å². The zero-order chi connectivity index (χ0) is 33.4. The Balaban J connectivity index is 1.35. The van der Waals surface area contributed by atoms with Crippen molar-refractivity contribution in [2.24, 2.45) is 0 Å². The van der Waals surface area contributed by atoms with E-state index in [-0.39, 0.29) is 4.90 Å². The predicted molar refractivity (Wildman–Crippen MR) is 193 cm³/mol. The molecule has 4 aliphatic rings. The maximum Gasteiger partial charge on any atom is 0.294 e. The lowest BCUT2D eigenvalue weighted by Crippen LogP contribution is -2.49. The highest BCUT2D eigenvalue weighted by Gasteiger charge is 2.42. The van der Waals surface area contributed by atoms with Crippen molar-refractivity contribution >= 4 is 51.7 Å². The molecule has 0 fully saturated rings. The molecule has 0 unspecified atom stereocenters. The number of rotatable bonds is 5. The van der Waals surface area contributed by atoms with Crippen LogP contribution in [-0.2, 0) is 23.0 Å². The summed E-state index contributed by atoms with van der Waals surface area (Å²) in [5.74, 6) is 1.51. The molecule has 0 atom stereocenters. The van der Waals surface area contributed by atoms with Crippen LogP contribution in [0.25, 0.3) is 5.57 Å². The van der Waals surface area contributed by atoms with E-state index >= 15 is 0 Å². The monoisotopic (exact) mass is 673 g/mol. The lowest BCUT2D eigenvalue weighted by atomic mass is 9.88. The van der Waals surface area contributed by atoms with Gasteiger partial charge in [-0.15, -0.1) is 0 Å². The number of allylic oxidation sites excluding steroid dienone is 5. The van der Waals surface area contributed by atoms with Crippen molar-refractivity contribution in [3.63, 3.8) is 0 Å². The van der Waals surface area contributed by atoms with Crippen LogP contribution in [0.5, 0.6) is 11.5 Å². The van der Waals surface area contributed by atoms with Gasteiger partial charge < -0.3 is 14.4 Å². The molecule has 9 heteroatoms. The van der Waals surface area contributed by atoms with E-state index in [4.69, 9.17) is 9.47 Å². The van der Waals surface area contributed by atoms with Crippen molar-refractivity contribution in [1.82, 2.24) is 0 Å². The Hall–Kier alpha value is -4.70. The summed E-state index contributed by atoms with van der Waals surface area (Å²) in [6, 6.07) is 26.5. The molecule has 0 radical (unpaired) electrons. The lowest BCUT2D eigenvalue weighted by molar-refractivity contribution is -0.427. The molecule has 0 spiro atoms. The van der Waals surface area contributed by atoms with Crippen LogP contribution in [0, 0.1) is 0 Å². The van der Waals surface area contributed by atoms with Gasteiger partial charge in [0.2, 0.25) is 11.4 Å². The fourth-order valence-electron chi connectivity index (χ4n) is 7.94. The Labute approximate surface area is 282 Å². The number of nitrogens with zero attached hydrogens (tertiary/aromatic N) is 2. The number of hydrogen-bond acceptors (Lipinski definition) is 5. The number of methoxy groups -OCH3 is 2. The molecule has 1 N–H and O–H groups in total. The Kier molecular flexibility index (Phi) is 7.14. The summed E-state index contributed by atoms with van der Waals surface area (Å²) in [6.07, 6.45) is 8.46. The van der Waals surface area contributed by atoms with Crippen molar-refractivity contribution in [3.05, 3.63) is 130 Å². The molecule has 0 bridgehead atoms. The molecule has 0 amide bonds. The largest absolute Gasteiger partial charge is 0.496 e. The van der Waals surface area contributed by atoms with E-state index in [9.17, 15) is 13.0 Å². The van der Waals surface area contributed by atoms with E-state index in [1.54, 1.807) is 26.4 Å². The van der Waals surface area contributed by atoms with Crippen LogP contribution in [0.3, 0.4) is 0 Å². The Bertz CT molecular complexity index is 2260. The van der Waals surface area contributed by atoms with E-state index in [0.717, 1.165) is 59.1 Å². The Morgan fingerprint density at radius 1 is 0.854 bits per heavy atom. The van der Waals surface area contributed by atoms with Gasteiger partial charge in [0.1, 0.15) is 19.6 Å². The molecule has 1 aliphatic carbocycles. The van der Waals surface area contributed by atoms with Crippen LogP contribution in [0.1, 0.15) is 22.3 Å². The second-order valence-corrected chi connectivity index (χ2v) is 18.9. The van der Waals surface area contributed by atoms with Crippen LogP contribution in [0.15, 0.2) is 113 Å². The first kappa shape index (κ1) is 30.6. The maximum absolute atomic E-state index is 11.8. The highest BCUT2D eigenvalue weighted by molar-refractivity contribution is 7.85. The van der Waals surface area contributed by atoms with Gasteiger partial charge in [-0.05, 0) is 82.0 Å². The minimum Gasteiger partial charge on any atom is -0.496 e. The first-order valence-electron chi connectivity index (χ1n) is 16.2. The average Bonchev–Trinajstić information content (AvgIpc) is 3.72.